The maximum atomic E-state index is 12.3. The molecular weight excluding hydrogens is 326 g/mol. The van der Waals surface area contributed by atoms with Crippen LogP contribution in [0.2, 0.25) is 0 Å². The van der Waals surface area contributed by atoms with E-state index in [0.717, 1.165) is 30.0 Å². The van der Waals surface area contributed by atoms with Gasteiger partial charge in [-0.05, 0) is 50.7 Å². The van der Waals surface area contributed by atoms with Gasteiger partial charge in [0.05, 0.1) is 6.61 Å². The molecule has 1 aromatic carbocycles. The van der Waals surface area contributed by atoms with E-state index in [4.69, 9.17) is 4.74 Å². The van der Waals surface area contributed by atoms with Crippen molar-refractivity contribution in [3.63, 3.8) is 0 Å². The summed E-state index contributed by atoms with van der Waals surface area (Å²) in [6.07, 6.45) is 1.73. The van der Waals surface area contributed by atoms with Crippen molar-refractivity contribution in [3.05, 3.63) is 48.3 Å². The van der Waals surface area contributed by atoms with Crippen LogP contribution >= 0.6 is 0 Å². The van der Waals surface area contributed by atoms with E-state index in [9.17, 15) is 4.79 Å². The minimum absolute atomic E-state index is 0.137. The zero-order valence-corrected chi connectivity index (χ0v) is 16.2. The van der Waals surface area contributed by atoms with Gasteiger partial charge in [0.15, 0.2) is 0 Å². The largest absolute Gasteiger partial charge is 0.494 e. The predicted molar refractivity (Wildman–Crippen MR) is 106 cm³/mol. The Morgan fingerprint density at radius 2 is 1.73 bits per heavy atom. The van der Waals surface area contributed by atoms with Gasteiger partial charge in [-0.3, -0.25) is 14.7 Å². The highest BCUT2D eigenvalue weighted by Crippen LogP contribution is 2.22. The fourth-order valence-corrected chi connectivity index (χ4v) is 2.92. The van der Waals surface area contributed by atoms with Gasteiger partial charge in [0, 0.05) is 24.3 Å². The third-order valence-corrected chi connectivity index (χ3v) is 4.49. The van der Waals surface area contributed by atoms with Crippen LogP contribution in [0.5, 0.6) is 5.75 Å². The summed E-state index contributed by atoms with van der Waals surface area (Å²) >= 11 is 0. The second kappa shape index (κ2) is 9.92. The molecule has 1 atom stereocenters. The Morgan fingerprint density at radius 3 is 2.27 bits per heavy atom. The molecule has 2 rings (SSSR count). The van der Waals surface area contributed by atoms with Gasteiger partial charge in [-0.15, -0.1) is 0 Å². The van der Waals surface area contributed by atoms with Crippen molar-refractivity contribution in [1.82, 2.24) is 15.2 Å². The number of ether oxygens (including phenoxy) is 1. The fraction of sp³-hybridized carbons (Fsp3) is 0.429. The van der Waals surface area contributed by atoms with E-state index in [1.54, 1.807) is 12.3 Å². The second-order valence-corrected chi connectivity index (χ2v) is 6.17. The lowest BCUT2D eigenvalue weighted by molar-refractivity contribution is 0.0933. The van der Waals surface area contributed by atoms with E-state index in [0.29, 0.717) is 24.9 Å². The number of nitrogens with one attached hydrogen (secondary N) is 1. The highest BCUT2D eigenvalue weighted by molar-refractivity contribution is 5.92. The molecule has 0 aliphatic heterocycles. The summed E-state index contributed by atoms with van der Waals surface area (Å²) in [7, 11) is 0. The molecular formula is C21H29N3O2. The monoisotopic (exact) mass is 355 g/mol. The van der Waals surface area contributed by atoms with E-state index in [1.165, 1.54) is 0 Å². The summed E-state index contributed by atoms with van der Waals surface area (Å²) in [5.74, 6) is 0.713. The minimum atomic E-state index is -0.137. The molecule has 2 aromatic rings. The quantitative estimate of drug-likeness (QED) is 0.747. The second-order valence-electron chi connectivity index (χ2n) is 6.17. The number of likely N-dealkylation sites (N-methyl/N-ethyl adjacent to an activating group) is 1. The Hall–Kier alpha value is -2.40. The number of pyridine rings is 1. The van der Waals surface area contributed by atoms with Crippen LogP contribution in [0.25, 0.3) is 11.1 Å². The highest BCUT2D eigenvalue weighted by atomic mass is 16.5. The van der Waals surface area contributed by atoms with E-state index >= 15 is 0 Å². The Labute approximate surface area is 156 Å². The molecule has 0 radical (unpaired) electrons. The molecule has 0 saturated heterocycles. The number of nitrogens with zero attached hydrogens (tertiary/aromatic N) is 2. The Bertz CT molecular complexity index is 679. The van der Waals surface area contributed by atoms with E-state index < -0.39 is 0 Å². The molecule has 1 heterocycles. The van der Waals surface area contributed by atoms with E-state index in [-0.39, 0.29) is 5.91 Å². The first kappa shape index (κ1) is 19.9. The Morgan fingerprint density at radius 1 is 1.08 bits per heavy atom. The third-order valence-electron chi connectivity index (χ3n) is 4.49. The van der Waals surface area contributed by atoms with Crippen molar-refractivity contribution in [2.75, 3.05) is 26.2 Å². The van der Waals surface area contributed by atoms with Crippen molar-refractivity contribution >= 4 is 5.91 Å². The van der Waals surface area contributed by atoms with Crippen LogP contribution in [0.3, 0.4) is 0 Å². The van der Waals surface area contributed by atoms with Crippen molar-refractivity contribution < 1.29 is 9.53 Å². The third kappa shape index (κ3) is 5.30. The molecule has 0 bridgehead atoms. The average Bonchev–Trinajstić information content (AvgIpc) is 2.68. The normalized spacial score (nSPS) is 12.0. The molecule has 5 heteroatoms. The smallest absolute Gasteiger partial charge is 0.269 e. The molecule has 140 valence electrons. The fourth-order valence-electron chi connectivity index (χ4n) is 2.92. The zero-order chi connectivity index (χ0) is 18.9. The number of rotatable bonds is 9. The number of carbonyl (C=O) groups is 1. The lowest BCUT2D eigenvalue weighted by Crippen LogP contribution is -2.42. The van der Waals surface area contributed by atoms with Crippen LogP contribution in [-0.2, 0) is 0 Å². The molecule has 1 N–H and O–H groups in total. The van der Waals surface area contributed by atoms with Crippen molar-refractivity contribution in [1.29, 1.82) is 0 Å². The molecule has 0 aliphatic carbocycles. The average molecular weight is 355 g/mol. The van der Waals surface area contributed by atoms with Crippen LogP contribution in [0.1, 0.15) is 38.2 Å². The van der Waals surface area contributed by atoms with E-state index in [2.05, 4.69) is 36.0 Å². The van der Waals surface area contributed by atoms with Gasteiger partial charge in [-0.1, -0.05) is 32.0 Å². The summed E-state index contributed by atoms with van der Waals surface area (Å²) in [4.78, 5) is 18.9. The summed E-state index contributed by atoms with van der Waals surface area (Å²) in [6.45, 7) is 11.6. The zero-order valence-electron chi connectivity index (χ0n) is 16.2. The summed E-state index contributed by atoms with van der Waals surface area (Å²) in [5, 5.41) is 2.97. The molecule has 0 aliphatic rings. The number of hydrogen-bond acceptors (Lipinski definition) is 4. The summed E-state index contributed by atoms with van der Waals surface area (Å²) in [6, 6.07) is 11.9. The topological polar surface area (TPSA) is 54.5 Å². The molecule has 0 spiro atoms. The molecule has 0 saturated carbocycles. The summed E-state index contributed by atoms with van der Waals surface area (Å²) < 4.78 is 5.45. The first-order valence-corrected chi connectivity index (χ1v) is 9.30. The van der Waals surface area contributed by atoms with Gasteiger partial charge in [-0.2, -0.15) is 0 Å². The highest BCUT2D eigenvalue weighted by Gasteiger charge is 2.13. The predicted octanol–water partition coefficient (Wildman–Crippen LogP) is 3.61. The first-order chi connectivity index (χ1) is 12.6. The maximum absolute atomic E-state index is 12.3. The molecule has 1 unspecified atom stereocenters. The number of carbonyl (C=O) groups excluding carboxylic acids is 1. The number of amides is 1. The van der Waals surface area contributed by atoms with Crippen molar-refractivity contribution in [2.24, 2.45) is 0 Å². The molecule has 1 aromatic heterocycles. The maximum Gasteiger partial charge on any atom is 0.269 e. The first-order valence-electron chi connectivity index (χ1n) is 9.30. The molecule has 0 fully saturated rings. The van der Waals surface area contributed by atoms with Crippen molar-refractivity contribution in [2.45, 2.75) is 33.7 Å². The summed E-state index contributed by atoms with van der Waals surface area (Å²) in [5.41, 5.74) is 2.45. The Kier molecular flexibility index (Phi) is 7.60. The lowest BCUT2D eigenvalue weighted by Gasteiger charge is -2.26. The van der Waals surface area contributed by atoms with Crippen LogP contribution in [0.15, 0.2) is 42.6 Å². The number of hydrogen-bond donors (Lipinski definition) is 1. The van der Waals surface area contributed by atoms with Gasteiger partial charge in [0.1, 0.15) is 11.4 Å². The SMILES string of the molecule is CCOc1ccc(-c2ccc(C(=O)NCC(C)N(CC)CC)nc2)cc1. The minimum Gasteiger partial charge on any atom is -0.494 e. The molecule has 1 amide bonds. The van der Waals surface area contributed by atoms with Gasteiger partial charge in [-0.25, -0.2) is 0 Å². The molecule has 26 heavy (non-hydrogen) atoms. The van der Waals surface area contributed by atoms with Gasteiger partial charge >= 0.3 is 0 Å². The van der Waals surface area contributed by atoms with Gasteiger partial charge in [0.25, 0.3) is 5.91 Å². The Balaban J connectivity index is 1.96. The molecule has 5 nitrogen and oxygen atoms in total. The van der Waals surface area contributed by atoms with E-state index in [1.807, 2.05) is 37.3 Å². The number of aromatic nitrogens is 1. The van der Waals surface area contributed by atoms with Crippen LogP contribution in [0, 0.1) is 0 Å². The standard InChI is InChI=1S/C21H29N3O2/c1-5-24(6-2)16(4)14-23-21(25)20-13-10-18(15-22-20)17-8-11-19(12-9-17)26-7-3/h8-13,15-16H,5-7,14H2,1-4H3,(H,23,25). The van der Waals surface area contributed by atoms with Crippen LogP contribution in [0.4, 0.5) is 0 Å². The lowest BCUT2D eigenvalue weighted by atomic mass is 10.1. The van der Waals surface area contributed by atoms with Gasteiger partial charge in [0.2, 0.25) is 0 Å². The van der Waals surface area contributed by atoms with Crippen molar-refractivity contribution in [3.8, 4) is 16.9 Å². The van der Waals surface area contributed by atoms with Gasteiger partial charge < -0.3 is 10.1 Å². The van der Waals surface area contributed by atoms with Crippen LogP contribution in [-0.4, -0.2) is 48.1 Å². The van der Waals surface area contributed by atoms with Crippen LogP contribution < -0.4 is 10.1 Å². The number of benzene rings is 1.